The second-order valence-corrected chi connectivity index (χ2v) is 5.19. The highest BCUT2D eigenvalue weighted by molar-refractivity contribution is 5.35. The highest BCUT2D eigenvalue weighted by Crippen LogP contribution is 2.29. The maximum absolute atomic E-state index is 6.29. The van der Waals surface area contributed by atoms with Gasteiger partial charge >= 0.3 is 0 Å². The van der Waals surface area contributed by atoms with E-state index in [1.54, 1.807) is 7.11 Å². The third kappa shape index (κ3) is 3.03. The fourth-order valence-electron chi connectivity index (χ4n) is 2.79. The summed E-state index contributed by atoms with van der Waals surface area (Å²) in [5.74, 6) is 1.40. The van der Waals surface area contributed by atoms with Gasteiger partial charge in [0.2, 0.25) is 0 Å². The molecule has 1 fully saturated rings. The third-order valence-electron chi connectivity index (χ3n) is 3.87. The van der Waals surface area contributed by atoms with Crippen molar-refractivity contribution >= 4 is 0 Å². The lowest BCUT2D eigenvalue weighted by Crippen LogP contribution is -2.40. The van der Waals surface area contributed by atoms with Crippen molar-refractivity contribution in [1.82, 2.24) is 4.90 Å². The van der Waals surface area contributed by atoms with Gasteiger partial charge < -0.3 is 10.5 Å². The quantitative estimate of drug-likeness (QED) is 0.870. The van der Waals surface area contributed by atoms with Crippen LogP contribution in [0, 0.1) is 0 Å². The highest BCUT2D eigenvalue weighted by atomic mass is 16.5. The molecule has 18 heavy (non-hydrogen) atoms. The lowest BCUT2D eigenvalue weighted by atomic mass is 9.95. The fourth-order valence-corrected chi connectivity index (χ4v) is 2.79. The minimum Gasteiger partial charge on any atom is -0.496 e. The van der Waals surface area contributed by atoms with Gasteiger partial charge in [-0.05, 0) is 49.9 Å². The van der Waals surface area contributed by atoms with Gasteiger partial charge in [-0.2, -0.15) is 0 Å². The molecule has 0 saturated carbocycles. The van der Waals surface area contributed by atoms with Gasteiger partial charge in [0, 0.05) is 0 Å². The van der Waals surface area contributed by atoms with Crippen LogP contribution >= 0.6 is 0 Å². The number of nitrogens with zero attached hydrogens (tertiary/aromatic N) is 1. The Bertz CT molecular complexity index is 375. The van der Waals surface area contributed by atoms with Crippen LogP contribution in [0.3, 0.4) is 0 Å². The van der Waals surface area contributed by atoms with E-state index in [1.165, 1.54) is 18.4 Å². The van der Waals surface area contributed by atoms with Crippen LogP contribution in [0.25, 0.3) is 0 Å². The van der Waals surface area contributed by atoms with E-state index >= 15 is 0 Å². The number of nitrogens with two attached hydrogens (primary N) is 1. The topological polar surface area (TPSA) is 38.5 Å². The number of ether oxygens (including phenoxy) is 1. The first-order valence-electron chi connectivity index (χ1n) is 6.85. The zero-order valence-electron chi connectivity index (χ0n) is 11.4. The number of methoxy groups -OCH3 is 1. The number of benzene rings is 1. The van der Waals surface area contributed by atoms with E-state index in [1.807, 2.05) is 12.1 Å². The number of rotatable bonds is 5. The van der Waals surface area contributed by atoms with Gasteiger partial charge in [0.25, 0.3) is 0 Å². The normalized spacial score (nSPS) is 19.7. The van der Waals surface area contributed by atoms with E-state index in [9.17, 15) is 0 Å². The predicted octanol–water partition coefficient (Wildman–Crippen LogP) is 2.57. The standard InChI is InChI=1S/C15H24N2O/c1-12(11-15(16)17-9-5-6-10-17)13-7-3-4-8-14(13)18-2/h3-4,7-8,12,15H,5-6,9-11,16H2,1-2H3. The second-order valence-electron chi connectivity index (χ2n) is 5.19. The van der Waals surface area contributed by atoms with Crippen LogP contribution in [0.4, 0.5) is 0 Å². The van der Waals surface area contributed by atoms with E-state index in [-0.39, 0.29) is 6.17 Å². The van der Waals surface area contributed by atoms with Gasteiger partial charge in [0.15, 0.2) is 0 Å². The molecule has 1 aromatic rings. The van der Waals surface area contributed by atoms with Gasteiger partial charge in [-0.1, -0.05) is 25.1 Å². The van der Waals surface area contributed by atoms with Crippen LogP contribution in [0.2, 0.25) is 0 Å². The van der Waals surface area contributed by atoms with Crippen molar-refractivity contribution in [1.29, 1.82) is 0 Å². The monoisotopic (exact) mass is 248 g/mol. The molecule has 100 valence electrons. The molecule has 0 bridgehead atoms. The van der Waals surface area contributed by atoms with Crippen molar-refractivity contribution in [3.63, 3.8) is 0 Å². The molecule has 2 N–H and O–H groups in total. The summed E-state index contributed by atoms with van der Waals surface area (Å²) in [6, 6.07) is 8.23. The molecule has 3 nitrogen and oxygen atoms in total. The molecule has 2 atom stereocenters. The Morgan fingerprint density at radius 3 is 2.61 bits per heavy atom. The molecule has 0 aromatic heterocycles. The number of hydrogen-bond acceptors (Lipinski definition) is 3. The van der Waals surface area contributed by atoms with E-state index in [0.717, 1.165) is 25.3 Å². The average Bonchev–Trinajstić information content (AvgIpc) is 2.92. The smallest absolute Gasteiger partial charge is 0.122 e. The van der Waals surface area contributed by atoms with Crippen molar-refractivity contribution in [2.24, 2.45) is 5.73 Å². The predicted molar refractivity (Wildman–Crippen MR) is 74.8 cm³/mol. The molecule has 1 aliphatic rings. The second kappa shape index (κ2) is 6.21. The van der Waals surface area contributed by atoms with Crippen molar-refractivity contribution in [2.45, 2.75) is 38.3 Å². The van der Waals surface area contributed by atoms with Gasteiger partial charge in [-0.3, -0.25) is 4.90 Å². The Kier molecular flexibility index (Phi) is 4.61. The number of likely N-dealkylation sites (tertiary alicyclic amines) is 1. The summed E-state index contributed by atoms with van der Waals surface area (Å²) in [7, 11) is 1.73. The highest BCUT2D eigenvalue weighted by Gasteiger charge is 2.21. The maximum Gasteiger partial charge on any atom is 0.122 e. The van der Waals surface area contributed by atoms with Crippen LogP contribution in [0.1, 0.15) is 37.7 Å². The minimum absolute atomic E-state index is 0.174. The molecule has 3 heteroatoms. The molecule has 1 aromatic carbocycles. The Labute approximate surface area is 110 Å². The zero-order chi connectivity index (χ0) is 13.0. The van der Waals surface area contributed by atoms with Gasteiger partial charge in [0.05, 0.1) is 13.3 Å². The largest absolute Gasteiger partial charge is 0.496 e. The molecule has 1 heterocycles. The molecular weight excluding hydrogens is 224 g/mol. The summed E-state index contributed by atoms with van der Waals surface area (Å²) >= 11 is 0. The van der Waals surface area contributed by atoms with Gasteiger partial charge in [-0.15, -0.1) is 0 Å². The summed E-state index contributed by atoms with van der Waals surface area (Å²) in [6.45, 7) is 4.54. The molecule has 2 unspecified atom stereocenters. The van der Waals surface area contributed by atoms with Gasteiger partial charge in [-0.25, -0.2) is 0 Å². The first kappa shape index (κ1) is 13.4. The van der Waals surface area contributed by atoms with Crippen molar-refractivity contribution in [3.8, 4) is 5.75 Å². The van der Waals surface area contributed by atoms with Gasteiger partial charge in [0.1, 0.15) is 5.75 Å². The maximum atomic E-state index is 6.29. The Morgan fingerprint density at radius 2 is 1.94 bits per heavy atom. The summed E-state index contributed by atoms with van der Waals surface area (Å²) < 4.78 is 5.42. The summed E-state index contributed by atoms with van der Waals surface area (Å²) in [4.78, 5) is 2.39. The Balaban J connectivity index is 1.99. The fraction of sp³-hybridized carbons (Fsp3) is 0.600. The van der Waals surface area contributed by atoms with E-state index in [4.69, 9.17) is 10.5 Å². The Morgan fingerprint density at radius 1 is 1.28 bits per heavy atom. The van der Waals surface area contributed by atoms with Crippen LogP contribution in [-0.4, -0.2) is 31.3 Å². The summed E-state index contributed by atoms with van der Waals surface area (Å²) in [5.41, 5.74) is 7.55. The molecule has 1 aliphatic heterocycles. The third-order valence-corrected chi connectivity index (χ3v) is 3.87. The molecule has 0 amide bonds. The van der Waals surface area contributed by atoms with E-state index in [0.29, 0.717) is 5.92 Å². The van der Waals surface area contributed by atoms with Crippen LogP contribution < -0.4 is 10.5 Å². The average molecular weight is 248 g/mol. The first-order valence-corrected chi connectivity index (χ1v) is 6.85. The van der Waals surface area contributed by atoms with Crippen molar-refractivity contribution < 1.29 is 4.74 Å². The molecule has 1 saturated heterocycles. The molecule has 0 aliphatic carbocycles. The van der Waals surface area contributed by atoms with Crippen LogP contribution in [0.15, 0.2) is 24.3 Å². The summed E-state index contributed by atoms with van der Waals surface area (Å²) in [6.07, 6.45) is 3.74. The van der Waals surface area contributed by atoms with E-state index < -0.39 is 0 Å². The number of hydrogen-bond donors (Lipinski definition) is 1. The SMILES string of the molecule is COc1ccccc1C(C)CC(N)N1CCCC1. The first-order chi connectivity index (χ1) is 8.72. The lowest BCUT2D eigenvalue weighted by molar-refractivity contribution is 0.226. The lowest BCUT2D eigenvalue weighted by Gasteiger charge is -2.26. The van der Waals surface area contributed by atoms with Crippen LogP contribution in [0.5, 0.6) is 5.75 Å². The molecule has 0 radical (unpaired) electrons. The minimum atomic E-state index is 0.174. The van der Waals surface area contributed by atoms with E-state index in [2.05, 4.69) is 24.0 Å². The molecule has 0 spiro atoms. The Hall–Kier alpha value is -1.06. The zero-order valence-corrected chi connectivity index (χ0v) is 11.4. The van der Waals surface area contributed by atoms with Crippen LogP contribution in [-0.2, 0) is 0 Å². The van der Waals surface area contributed by atoms with Crippen molar-refractivity contribution in [2.75, 3.05) is 20.2 Å². The van der Waals surface area contributed by atoms with Crippen molar-refractivity contribution in [3.05, 3.63) is 29.8 Å². The number of para-hydroxylation sites is 1. The molecule has 2 rings (SSSR count). The summed E-state index contributed by atoms with van der Waals surface area (Å²) in [5, 5.41) is 0. The molecular formula is C15H24N2O.